The maximum absolute atomic E-state index is 13.8. The molecule has 2 saturated heterocycles. The zero-order valence-electron chi connectivity index (χ0n) is 23.0. The molecule has 2 aliphatic rings. The number of carbonyl (C=O) groups excluding carboxylic acids is 2. The van der Waals surface area contributed by atoms with Crippen LogP contribution in [0.25, 0.3) is 21.8 Å². The van der Waals surface area contributed by atoms with Crippen molar-refractivity contribution in [3.63, 3.8) is 0 Å². The van der Waals surface area contributed by atoms with Gasteiger partial charge in [-0.25, -0.2) is 0 Å². The Bertz CT molecular complexity index is 1680. The van der Waals surface area contributed by atoms with Crippen molar-refractivity contribution in [2.45, 2.75) is 38.5 Å². The molecule has 0 bridgehead atoms. The first kappa shape index (κ1) is 24.7. The van der Waals surface area contributed by atoms with Crippen LogP contribution in [0.2, 0.25) is 0 Å². The lowest BCUT2D eigenvalue weighted by Gasteiger charge is -2.43. The number of piperidine rings is 1. The number of aromatic amines is 2. The predicted octanol–water partition coefficient (Wildman–Crippen LogP) is 6.23. The van der Waals surface area contributed by atoms with E-state index in [-0.39, 0.29) is 29.6 Å². The van der Waals surface area contributed by atoms with Crippen LogP contribution in [0.15, 0.2) is 79.1 Å². The van der Waals surface area contributed by atoms with E-state index in [0.717, 1.165) is 35.1 Å². The number of benzene rings is 3. The van der Waals surface area contributed by atoms with Crippen molar-refractivity contribution in [3.05, 3.63) is 101 Å². The van der Waals surface area contributed by atoms with Crippen LogP contribution in [-0.4, -0.2) is 46.3 Å². The Morgan fingerprint density at radius 3 is 2.05 bits per heavy atom. The summed E-state index contributed by atoms with van der Waals surface area (Å²) in [6.45, 7) is 5.86. The van der Waals surface area contributed by atoms with E-state index in [2.05, 4.69) is 83.9 Å². The standard InChI is InChI=1S/C34H34N4O2/c1-22-11-12-31(23(2)17-22)38-21-24(18-32(38)39)33(40)37-15-13-34(14-16-37,27-19-35-29-9-5-3-7-25(27)29)28-20-36-30-10-6-4-8-26(28)30/h3-12,17,19-20,24,35-36H,13-16,18,21H2,1-2H3/t24-/m0/s1. The third-order valence-electron chi connectivity index (χ3n) is 9.26. The number of para-hydroxylation sites is 2. The van der Waals surface area contributed by atoms with E-state index < -0.39 is 0 Å². The van der Waals surface area contributed by atoms with Gasteiger partial charge in [0.25, 0.3) is 0 Å². The Balaban J connectivity index is 1.18. The molecule has 2 amide bonds. The fraction of sp³-hybridized carbons (Fsp3) is 0.294. The summed E-state index contributed by atoms with van der Waals surface area (Å²) < 4.78 is 0. The molecule has 40 heavy (non-hydrogen) atoms. The number of anilines is 1. The number of hydrogen-bond donors (Lipinski definition) is 2. The van der Waals surface area contributed by atoms with Gasteiger partial charge in [0.1, 0.15) is 0 Å². The van der Waals surface area contributed by atoms with Gasteiger partial charge in [-0.05, 0) is 61.6 Å². The second-order valence-corrected chi connectivity index (χ2v) is 11.6. The first-order valence-corrected chi connectivity index (χ1v) is 14.2. The second-order valence-electron chi connectivity index (χ2n) is 11.6. The highest BCUT2D eigenvalue weighted by Gasteiger charge is 2.44. The van der Waals surface area contributed by atoms with E-state index in [1.807, 2.05) is 28.9 Å². The average molecular weight is 531 g/mol. The lowest BCUT2D eigenvalue weighted by atomic mass is 9.67. The summed E-state index contributed by atoms with van der Waals surface area (Å²) >= 11 is 0. The fourth-order valence-electron chi connectivity index (χ4n) is 7.20. The van der Waals surface area contributed by atoms with Crippen molar-refractivity contribution < 1.29 is 9.59 Å². The number of aryl methyl sites for hydroxylation is 2. The number of carbonyl (C=O) groups is 2. The molecule has 5 aromatic rings. The van der Waals surface area contributed by atoms with E-state index in [4.69, 9.17) is 0 Å². The van der Waals surface area contributed by atoms with Gasteiger partial charge in [-0.15, -0.1) is 0 Å². The van der Waals surface area contributed by atoms with Crippen molar-refractivity contribution >= 4 is 39.3 Å². The molecule has 0 radical (unpaired) electrons. The number of fused-ring (bicyclic) bond motifs is 2. The van der Waals surface area contributed by atoms with Gasteiger partial charge >= 0.3 is 0 Å². The zero-order chi connectivity index (χ0) is 27.4. The summed E-state index contributed by atoms with van der Waals surface area (Å²) in [6, 6.07) is 23.1. The third kappa shape index (κ3) is 3.85. The largest absolute Gasteiger partial charge is 0.361 e. The van der Waals surface area contributed by atoms with Crippen molar-refractivity contribution in [2.24, 2.45) is 5.92 Å². The maximum atomic E-state index is 13.8. The molecule has 6 heteroatoms. The molecule has 1 atom stereocenters. The van der Waals surface area contributed by atoms with Gasteiger partial charge in [0, 0.05) is 71.4 Å². The van der Waals surface area contributed by atoms with Gasteiger partial charge < -0.3 is 19.8 Å². The predicted molar refractivity (Wildman–Crippen MR) is 160 cm³/mol. The summed E-state index contributed by atoms with van der Waals surface area (Å²) in [5.74, 6) is -0.164. The van der Waals surface area contributed by atoms with Crippen molar-refractivity contribution in [3.8, 4) is 0 Å². The average Bonchev–Trinajstić information content (AvgIpc) is 3.70. The number of rotatable bonds is 4. The van der Waals surface area contributed by atoms with Crippen LogP contribution in [0, 0.1) is 19.8 Å². The fourth-order valence-corrected chi connectivity index (χ4v) is 7.20. The topological polar surface area (TPSA) is 72.2 Å². The van der Waals surface area contributed by atoms with Gasteiger partial charge in [-0.2, -0.15) is 0 Å². The molecule has 2 aliphatic heterocycles. The minimum Gasteiger partial charge on any atom is -0.361 e. The number of likely N-dealkylation sites (tertiary alicyclic amines) is 1. The van der Waals surface area contributed by atoms with Crippen LogP contribution < -0.4 is 4.90 Å². The Hall–Kier alpha value is -4.32. The Kier molecular flexibility index (Phi) is 5.81. The Morgan fingerprint density at radius 2 is 1.45 bits per heavy atom. The van der Waals surface area contributed by atoms with Crippen molar-refractivity contribution in [1.82, 2.24) is 14.9 Å². The molecular formula is C34H34N4O2. The van der Waals surface area contributed by atoms with Crippen LogP contribution in [0.5, 0.6) is 0 Å². The molecule has 202 valence electrons. The number of nitrogens with zero attached hydrogens (tertiary/aromatic N) is 2. The second kappa shape index (κ2) is 9.40. The summed E-state index contributed by atoms with van der Waals surface area (Å²) in [5.41, 5.74) is 7.77. The van der Waals surface area contributed by atoms with E-state index in [0.29, 0.717) is 19.6 Å². The molecule has 7 rings (SSSR count). The van der Waals surface area contributed by atoms with E-state index in [1.165, 1.54) is 27.5 Å². The van der Waals surface area contributed by atoms with Gasteiger partial charge in [0.15, 0.2) is 0 Å². The summed E-state index contributed by atoms with van der Waals surface area (Å²) in [4.78, 5) is 37.6. The third-order valence-corrected chi connectivity index (χ3v) is 9.26. The van der Waals surface area contributed by atoms with Crippen LogP contribution in [-0.2, 0) is 15.0 Å². The summed E-state index contributed by atoms with van der Waals surface area (Å²) in [7, 11) is 0. The minimum atomic E-state index is -0.304. The van der Waals surface area contributed by atoms with E-state index in [1.54, 1.807) is 0 Å². The lowest BCUT2D eigenvalue weighted by molar-refractivity contribution is -0.137. The Labute approximate surface area is 234 Å². The number of nitrogens with one attached hydrogen (secondary N) is 2. The molecule has 2 aromatic heterocycles. The highest BCUT2D eigenvalue weighted by molar-refractivity contribution is 6.01. The summed E-state index contributed by atoms with van der Waals surface area (Å²) in [6.07, 6.45) is 6.26. The van der Waals surface area contributed by atoms with Crippen LogP contribution in [0.3, 0.4) is 0 Å². The van der Waals surface area contributed by atoms with E-state index in [9.17, 15) is 9.59 Å². The van der Waals surface area contributed by atoms with Crippen molar-refractivity contribution in [2.75, 3.05) is 24.5 Å². The monoisotopic (exact) mass is 530 g/mol. The summed E-state index contributed by atoms with van der Waals surface area (Å²) in [5, 5.41) is 2.47. The minimum absolute atomic E-state index is 0.0363. The quantitative estimate of drug-likeness (QED) is 0.289. The molecular weight excluding hydrogens is 496 g/mol. The van der Waals surface area contributed by atoms with Gasteiger partial charge in [0.2, 0.25) is 11.8 Å². The number of H-pyrrole nitrogens is 2. The first-order valence-electron chi connectivity index (χ1n) is 14.2. The normalized spacial score (nSPS) is 19.1. The molecule has 0 unspecified atom stereocenters. The van der Waals surface area contributed by atoms with Gasteiger partial charge in [-0.1, -0.05) is 54.1 Å². The first-order chi connectivity index (χ1) is 19.4. The number of hydrogen-bond acceptors (Lipinski definition) is 2. The van der Waals surface area contributed by atoms with Crippen LogP contribution in [0.1, 0.15) is 41.5 Å². The van der Waals surface area contributed by atoms with E-state index >= 15 is 0 Å². The lowest BCUT2D eigenvalue weighted by Crippen LogP contribution is -2.47. The molecule has 0 aliphatic carbocycles. The van der Waals surface area contributed by atoms with Crippen LogP contribution in [0.4, 0.5) is 5.69 Å². The zero-order valence-corrected chi connectivity index (χ0v) is 23.0. The highest BCUT2D eigenvalue weighted by atomic mass is 16.2. The van der Waals surface area contributed by atoms with Gasteiger partial charge in [0.05, 0.1) is 5.92 Å². The molecule has 6 nitrogen and oxygen atoms in total. The molecule has 4 heterocycles. The SMILES string of the molecule is Cc1ccc(N2C[C@@H](C(=O)N3CCC(c4c[nH]c5ccccc45)(c4c[nH]c5ccccc45)CC3)CC2=O)c(C)c1. The van der Waals surface area contributed by atoms with Gasteiger partial charge in [-0.3, -0.25) is 9.59 Å². The Morgan fingerprint density at radius 1 is 0.850 bits per heavy atom. The van der Waals surface area contributed by atoms with Crippen LogP contribution >= 0.6 is 0 Å². The molecule has 3 aromatic carbocycles. The molecule has 0 spiro atoms. The maximum Gasteiger partial charge on any atom is 0.228 e. The number of amides is 2. The molecule has 0 saturated carbocycles. The highest BCUT2D eigenvalue weighted by Crippen LogP contribution is 2.47. The molecule has 2 fully saturated rings. The number of aromatic nitrogens is 2. The smallest absolute Gasteiger partial charge is 0.228 e. The van der Waals surface area contributed by atoms with Crippen molar-refractivity contribution in [1.29, 1.82) is 0 Å². The molecule has 2 N–H and O–H groups in total.